The molecular weight excluding hydrogens is 396 g/mol. The van der Waals surface area contributed by atoms with E-state index in [-0.39, 0.29) is 22.7 Å². The Bertz CT molecular complexity index is 1140. The van der Waals surface area contributed by atoms with Gasteiger partial charge < -0.3 is 9.15 Å². The molecule has 0 aliphatic carbocycles. The van der Waals surface area contributed by atoms with Crippen LogP contribution in [0.1, 0.15) is 16.1 Å². The standard InChI is InChI=1S/C19H14N4O7/c1-29-18-10-14(23(27)28)6-8-16(18)17-9-7-15(30-17)11-20-21-19(24)12-2-4-13(5-3-12)22(25)26/h2-11H,1H3,(H,21,24)/b20-11+. The fourth-order valence-corrected chi connectivity index (χ4v) is 2.52. The number of hydrogen-bond acceptors (Lipinski definition) is 8. The lowest BCUT2D eigenvalue weighted by Gasteiger charge is -2.05. The zero-order valence-electron chi connectivity index (χ0n) is 15.5. The fraction of sp³-hybridized carbons (Fsp3) is 0.0526. The van der Waals surface area contributed by atoms with Gasteiger partial charge in [0.15, 0.2) is 0 Å². The molecule has 0 aliphatic rings. The van der Waals surface area contributed by atoms with Gasteiger partial charge in [-0.25, -0.2) is 5.43 Å². The van der Waals surface area contributed by atoms with Crippen molar-refractivity contribution in [1.29, 1.82) is 0 Å². The Kier molecular flexibility index (Phi) is 5.82. The second-order valence-electron chi connectivity index (χ2n) is 5.85. The molecule has 0 bridgehead atoms. The van der Waals surface area contributed by atoms with E-state index in [0.717, 1.165) is 0 Å². The maximum absolute atomic E-state index is 12.0. The Morgan fingerprint density at radius 3 is 2.33 bits per heavy atom. The van der Waals surface area contributed by atoms with Crippen molar-refractivity contribution < 1.29 is 23.8 Å². The first kappa shape index (κ1) is 20.2. The van der Waals surface area contributed by atoms with E-state index in [2.05, 4.69) is 10.5 Å². The number of benzene rings is 2. The second-order valence-corrected chi connectivity index (χ2v) is 5.85. The Hall–Kier alpha value is -4.54. The van der Waals surface area contributed by atoms with E-state index in [4.69, 9.17) is 9.15 Å². The first-order chi connectivity index (χ1) is 14.4. The molecule has 152 valence electrons. The van der Waals surface area contributed by atoms with Gasteiger partial charge in [0, 0.05) is 23.8 Å². The summed E-state index contributed by atoms with van der Waals surface area (Å²) < 4.78 is 10.8. The lowest BCUT2D eigenvalue weighted by molar-refractivity contribution is -0.385. The summed E-state index contributed by atoms with van der Waals surface area (Å²) in [6.07, 6.45) is 1.27. The van der Waals surface area contributed by atoms with Gasteiger partial charge in [-0.1, -0.05) is 0 Å². The van der Waals surface area contributed by atoms with E-state index in [9.17, 15) is 25.0 Å². The molecule has 1 amide bonds. The highest BCUT2D eigenvalue weighted by molar-refractivity contribution is 5.95. The minimum Gasteiger partial charge on any atom is -0.496 e. The highest BCUT2D eigenvalue weighted by Gasteiger charge is 2.15. The average molecular weight is 410 g/mol. The van der Waals surface area contributed by atoms with Crippen molar-refractivity contribution in [1.82, 2.24) is 5.43 Å². The third kappa shape index (κ3) is 4.47. The molecule has 11 nitrogen and oxygen atoms in total. The first-order valence-corrected chi connectivity index (χ1v) is 8.39. The molecule has 0 saturated carbocycles. The highest BCUT2D eigenvalue weighted by Crippen LogP contribution is 2.34. The molecular formula is C19H14N4O7. The summed E-state index contributed by atoms with van der Waals surface area (Å²) in [6.45, 7) is 0. The number of nitro benzene ring substituents is 2. The summed E-state index contributed by atoms with van der Waals surface area (Å²) in [4.78, 5) is 32.5. The van der Waals surface area contributed by atoms with E-state index >= 15 is 0 Å². The minimum absolute atomic E-state index is 0.113. The molecule has 1 N–H and O–H groups in total. The maximum Gasteiger partial charge on any atom is 0.273 e. The van der Waals surface area contributed by atoms with Gasteiger partial charge in [-0.05, 0) is 30.3 Å². The molecule has 30 heavy (non-hydrogen) atoms. The van der Waals surface area contributed by atoms with Crippen LogP contribution in [0.3, 0.4) is 0 Å². The number of carbonyl (C=O) groups is 1. The Labute approximate surface area is 168 Å². The molecule has 0 spiro atoms. The van der Waals surface area contributed by atoms with Crippen molar-refractivity contribution in [3.8, 4) is 17.1 Å². The molecule has 11 heteroatoms. The molecule has 1 heterocycles. The van der Waals surface area contributed by atoms with Crippen LogP contribution < -0.4 is 10.2 Å². The topological polar surface area (TPSA) is 150 Å². The molecule has 0 atom stereocenters. The van der Waals surface area contributed by atoms with Gasteiger partial charge in [-0.3, -0.25) is 25.0 Å². The Morgan fingerprint density at radius 1 is 1.03 bits per heavy atom. The number of nitrogens with zero attached hydrogens (tertiary/aromatic N) is 3. The van der Waals surface area contributed by atoms with Crippen molar-refractivity contribution in [2.75, 3.05) is 7.11 Å². The number of non-ortho nitro benzene ring substituents is 2. The van der Waals surface area contributed by atoms with E-state index in [1.165, 1.54) is 55.8 Å². The molecule has 3 rings (SSSR count). The van der Waals surface area contributed by atoms with Crippen molar-refractivity contribution in [3.05, 3.63) is 86.1 Å². The lowest BCUT2D eigenvalue weighted by Crippen LogP contribution is -2.17. The summed E-state index contributed by atoms with van der Waals surface area (Å²) in [6, 6.07) is 12.4. The molecule has 1 aromatic heterocycles. The van der Waals surface area contributed by atoms with Crippen LogP contribution in [0, 0.1) is 20.2 Å². The van der Waals surface area contributed by atoms with Crippen LogP contribution >= 0.6 is 0 Å². The van der Waals surface area contributed by atoms with Crippen LogP contribution in [-0.4, -0.2) is 29.1 Å². The van der Waals surface area contributed by atoms with Crippen LogP contribution in [0.2, 0.25) is 0 Å². The monoisotopic (exact) mass is 410 g/mol. The third-order valence-corrected chi connectivity index (χ3v) is 3.99. The molecule has 2 aromatic carbocycles. The number of hydrazone groups is 1. The lowest BCUT2D eigenvalue weighted by atomic mass is 10.1. The number of ether oxygens (including phenoxy) is 1. The van der Waals surface area contributed by atoms with Crippen LogP contribution in [0.25, 0.3) is 11.3 Å². The maximum atomic E-state index is 12.0. The molecule has 0 radical (unpaired) electrons. The van der Waals surface area contributed by atoms with Crippen molar-refractivity contribution >= 4 is 23.5 Å². The predicted octanol–water partition coefficient (Wildman–Crippen LogP) is 3.54. The quantitative estimate of drug-likeness (QED) is 0.355. The SMILES string of the molecule is COc1cc([N+](=O)[O-])ccc1-c1ccc(/C=N/NC(=O)c2ccc([N+](=O)[O-])cc2)o1. The van der Waals surface area contributed by atoms with Gasteiger partial charge in [0.2, 0.25) is 0 Å². The van der Waals surface area contributed by atoms with Gasteiger partial charge in [0.05, 0.1) is 34.8 Å². The van der Waals surface area contributed by atoms with Crippen LogP contribution in [0.4, 0.5) is 11.4 Å². The molecule has 0 unspecified atom stereocenters. The van der Waals surface area contributed by atoms with Crippen molar-refractivity contribution in [2.45, 2.75) is 0 Å². The number of amides is 1. The van der Waals surface area contributed by atoms with E-state index in [1.807, 2.05) is 0 Å². The van der Waals surface area contributed by atoms with Gasteiger partial charge in [0.1, 0.15) is 17.3 Å². The molecule has 3 aromatic rings. The van der Waals surface area contributed by atoms with Gasteiger partial charge >= 0.3 is 0 Å². The van der Waals surface area contributed by atoms with Crippen LogP contribution in [0.15, 0.2) is 64.1 Å². The van der Waals surface area contributed by atoms with Crippen LogP contribution in [0.5, 0.6) is 5.75 Å². The summed E-state index contributed by atoms with van der Waals surface area (Å²) in [5.41, 5.74) is 2.76. The third-order valence-electron chi connectivity index (χ3n) is 3.99. The Balaban J connectivity index is 1.69. The average Bonchev–Trinajstić information content (AvgIpc) is 3.21. The number of furan rings is 1. The summed E-state index contributed by atoms with van der Waals surface area (Å²) in [7, 11) is 1.39. The first-order valence-electron chi connectivity index (χ1n) is 8.39. The summed E-state index contributed by atoms with van der Waals surface area (Å²) in [5.74, 6) is 0.428. The van der Waals surface area contributed by atoms with E-state index in [1.54, 1.807) is 12.1 Å². The minimum atomic E-state index is -0.561. The van der Waals surface area contributed by atoms with Crippen molar-refractivity contribution in [2.24, 2.45) is 5.10 Å². The number of hydrogen-bond donors (Lipinski definition) is 1. The number of carbonyl (C=O) groups excluding carboxylic acids is 1. The largest absolute Gasteiger partial charge is 0.496 e. The predicted molar refractivity (Wildman–Crippen MR) is 106 cm³/mol. The highest BCUT2D eigenvalue weighted by atomic mass is 16.6. The summed E-state index contributed by atoms with van der Waals surface area (Å²) in [5, 5.41) is 25.3. The second kappa shape index (κ2) is 8.65. The normalized spacial score (nSPS) is 10.7. The van der Waals surface area contributed by atoms with E-state index < -0.39 is 15.8 Å². The smallest absolute Gasteiger partial charge is 0.273 e. The number of nitro groups is 2. The zero-order chi connectivity index (χ0) is 21.7. The van der Waals surface area contributed by atoms with Gasteiger partial charge in [0.25, 0.3) is 17.3 Å². The zero-order valence-corrected chi connectivity index (χ0v) is 15.5. The summed E-state index contributed by atoms with van der Waals surface area (Å²) >= 11 is 0. The fourth-order valence-electron chi connectivity index (χ4n) is 2.52. The van der Waals surface area contributed by atoms with Gasteiger partial charge in [-0.2, -0.15) is 5.10 Å². The van der Waals surface area contributed by atoms with Crippen LogP contribution in [-0.2, 0) is 0 Å². The molecule has 0 saturated heterocycles. The molecule has 0 fully saturated rings. The van der Waals surface area contributed by atoms with Gasteiger partial charge in [-0.15, -0.1) is 0 Å². The number of methoxy groups -OCH3 is 1. The number of nitrogens with one attached hydrogen (secondary N) is 1. The van der Waals surface area contributed by atoms with E-state index in [0.29, 0.717) is 17.1 Å². The van der Waals surface area contributed by atoms with Crippen molar-refractivity contribution in [3.63, 3.8) is 0 Å². The molecule has 0 aliphatic heterocycles. The Morgan fingerprint density at radius 2 is 1.70 bits per heavy atom. The number of rotatable bonds is 7.